The predicted octanol–water partition coefficient (Wildman–Crippen LogP) is -0.959. The van der Waals surface area contributed by atoms with Crippen molar-refractivity contribution in [3.8, 4) is 0 Å². The number of fused-ring (bicyclic) bond motifs is 1. The molecular formula is C21H27N6O3+. The van der Waals surface area contributed by atoms with Crippen molar-refractivity contribution in [1.29, 1.82) is 0 Å². The Bertz CT molecular complexity index is 1200. The van der Waals surface area contributed by atoms with Gasteiger partial charge in [0.05, 0.1) is 39.3 Å². The Morgan fingerprint density at radius 2 is 1.73 bits per heavy atom. The average Bonchev–Trinajstić information content (AvgIpc) is 3.16. The maximum absolute atomic E-state index is 13.0. The van der Waals surface area contributed by atoms with Gasteiger partial charge in [0.25, 0.3) is 5.56 Å². The Kier molecular flexibility index (Phi) is 5.29. The van der Waals surface area contributed by atoms with E-state index in [2.05, 4.69) is 16.8 Å². The summed E-state index contributed by atoms with van der Waals surface area (Å²) in [4.78, 5) is 46.7. The largest absolute Gasteiger partial charge is 0.332 e. The third-order valence-electron chi connectivity index (χ3n) is 5.98. The first kappa shape index (κ1) is 20.1. The highest BCUT2D eigenvalue weighted by Crippen LogP contribution is 2.20. The van der Waals surface area contributed by atoms with Crippen LogP contribution in [0.2, 0.25) is 0 Å². The van der Waals surface area contributed by atoms with Crippen molar-refractivity contribution in [3.05, 3.63) is 56.7 Å². The van der Waals surface area contributed by atoms with E-state index in [0.29, 0.717) is 17.2 Å². The van der Waals surface area contributed by atoms with Gasteiger partial charge < -0.3 is 9.80 Å². The van der Waals surface area contributed by atoms with Crippen molar-refractivity contribution in [2.45, 2.75) is 13.5 Å². The first-order chi connectivity index (χ1) is 14.4. The number of hydrogen-bond donors (Lipinski definition) is 1. The monoisotopic (exact) mass is 411 g/mol. The zero-order chi connectivity index (χ0) is 21.4. The second-order valence-electron chi connectivity index (χ2n) is 7.76. The van der Waals surface area contributed by atoms with E-state index in [1.165, 1.54) is 16.5 Å². The summed E-state index contributed by atoms with van der Waals surface area (Å²) in [5, 5.41) is 0. The first-order valence-corrected chi connectivity index (χ1v) is 10.2. The molecule has 1 aliphatic heterocycles. The molecule has 3 heterocycles. The number of likely N-dealkylation sites (N-methyl/N-ethyl adjacent to an activating group) is 1. The fourth-order valence-electron chi connectivity index (χ4n) is 4.06. The van der Waals surface area contributed by atoms with Crippen LogP contribution in [0.3, 0.4) is 0 Å². The van der Waals surface area contributed by atoms with Gasteiger partial charge in [-0.15, -0.1) is 0 Å². The summed E-state index contributed by atoms with van der Waals surface area (Å²) < 4.78 is 4.12. The Balaban J connectivity index is 1.86. The number of carbonyl (C=O) groups is 1. The molecule has 0 saturated carbocycles. The fourth-order valence-corrected chi connectivity index (χ4v) is 4.06. The molecule has 9 nitrogen and oxygen atoms in total. The van der Waals surface area contributed by atoms with E-state index >= 15 is 0 Å². The molecule has 9 heteroatoms. The minimum atomic E-state index is -0.439. The normalized spacial score (nSPS) is 15.1. The number of nitrogens with zero attached hydrogens (tertiary/aromatic N) is 5. The van der Waals surface area contributed by atoms with Crippen molar-refractivity contribution in [3.63, 3.8) is 0 Å². The van der Waals surface area contributed by atoms with Crippen LogP contribution in [-0.4, -0.2) is 57.2 Å². The van der Waals surface area contributed by atoms with Gasteiger partial charge in [0, 0.05) is 19.7 Å². The molecule has 0 bridgehead atoms. The maximum atomic E-state index is 13.0. The Morgan fingerprint density at radius 1 is 1.07 bits per heavy atom. The highest BCUT2D eigenvalue weighted by Gasteiger charge is 2.27. The molecule has 4 rings (SSSR count). The molecule has 0 atom stereocenters. The van der Waals surface area contributed by atoms with E-state index in [9.17, 15) is 14.4 Å². The molecule has 0 radical (unpaired) electrons. The predicted molar refractivity (Wildman–Crippen MR) is 114 cm³/mol. The summed E-state index contributed by atoms with van der Waals surface area (Å²) in [6.45, 7) is 6.70. The number of rotatable bonds is 5. The second-order valence-corrected chi connectivity index (χ2v) is 7.76. The van der Waals surface area contributed by atoms with Crippen LogP contribution in [0, 0.1) is 0 Å². The maximum Gasteiger partial charge on any atom is 0.332 e. The third-order valence-corrected chi connectivity index (χ3v) is 5.98. The quantitative estimate of drug-likeness (QED) is 0.547. The molecule has 30 heavy (non-hydrogen) atoms. The van der Waals surface area contributed by atoms with Crippen LogP contribution in [-0.2, 0) is 20.6 Å². The summed E-state index contributed by atoms with van der Waals surface area (Å²) in [6, 6.07) is 9.01. The van der Waals surface area contributed by atoms with Gasteiger partial charge in [-0.25, -0.2) is 4.79 Å². The molecule has 0 spiro atoms. The highest BCUT2D eigenvalue weighted by atomic mass is 16.2. The number of aryl methyl sites for hydroxylation is 1. The average molecular weight is 411 g/mol. The number of aromatic nitrogens is 4. The summed E-state index contributed by atoms with van der Waals surface area (Å²) >= 11 is 0. The lowest BCUT2D eigenvalue weighted by Crippen LogP contribution is -3.14. The van der Waals surface area contributed by atoms with Crippen LogP contribution < -0.4 is 21.0 Å². The lowest BCUT2D eigenvalue weighted by Gasteiger charge is -2.32. The smallest absolute Gasteiger partial charge is 0.332 e. The molecule has 1 aliphatic rings. The highest BCUT2D eigenvalue weighted by molar-refractivity contribution is 5.96. The number of imidazole rings is 1. The van der Waals surface area contributed by atoms with Gasteiger partial charge in [0.15, 0.2) is 16.9 Å². The van der Waals surface area contributed by atoms with E-state index < -0.39 is 11.2 Å². The summed E-state index contributed by atoms with van der Waals surface area (Å²) in [6.07, 6.45) is 0. The van der Waals surface area contributed by atoms with Gasteiger partial charge in [0.2, 0.25) is 5.95 Å². The minimum absolute atomic E-state index is 0.00978. The summed E-state index contributed by atoms with van der Waals surface area (Å²) in [5.41, 5.74) is 0.296. The topological polar surface area (TPSA) is 86.6 Å². The van der Waals surface area contributed by atoms with Crippen LogP contribution >= 0.6 is 0 Å². The van der Waals surface area contributed by atoms with E-state index in [1.54, 1.807) is 23.7 Å². The van der Waals surface area contributed by atoms with E-state index in [4.69, 9.17) is 0 Å². The lowest BCUT2D eigenvalue weighted by molar-refractivity contribution is -0.898. The molecule has 3 aromatic rings. The van der Waals surface area contributed by atoms with Gasteiger partial charge in [-0.05, 0) is 6.92 Å². The van der Waals surface area contributed by atoms with E-state index in [0.717, 1.165) is 37.3 Å². The van der Waals surface area contributed by atoms with Crippen molar-refractivity contribution in [2.24, 2.45) is 14.1 Å². The first-order valence-electron chi connectivity index (χ1n) is 10.2. The number of carbonyl (C=O) groups excluding carboxylic acids is 1. The zero-order valence-corrected chi connectivity index (χ0v) is 17.6. The van der Waals surface area contributed by atoms with Gasteiger partial charge >= 0.3 is 5.69 Å². The van der Waals surface area contributed by atoms with Gasteiger partial charge in [-0.1, -0.05) is 30.3 Å². The van der Waals surface area contributed by atoms with Crippen molar-refractivity contribution < 1.29 is 9.69 Å². The number of anilines is 1. The number of nitrogens with one attached hydrogen (secondary N) is 1. The van der Waals surface area contributed by atoms with Crippen molar-refractivity contribution >= 4 is 22.9 Å². The minimum Gasteiger partial charge on any atom is -0.332 e. The molecule has 1 aromatic carbocycles. The molecule has 1 N–H and O–H groups in total. The van der Waals surface area contributed by atoms with E-state index in [1.807, 2.05) is 18.2 Å². The van der Waals surface area contributed by atoms with Crippen molar-refractivity contribution in [2.75, 3.05) is 37.6 Å². The number of benzene rings is 1. The van der Waals surface area contributed by atoms with Crippen LogP contribution in [0.1, 0.15) is 17.3 Å². The Morgan fingerprint density at radius 3 is 2.37 bits per heavy atom. The van der Waals surface area contributed by atoms with Crippen LogP contribution in [0.4, 0.5) is 5.95 Å². The van der Waals surface area contributed by atoms with Crippen LogP contribution in [0.25, 0.3) is 11.2 Å². The number of hydrogen-bond acceptors (Lipinski definition) is 5. The Labute approximate surface area is 173 Å². The number of piperazine rings is 1. The van der Waals surface area contributed by atoms with Crippen LogP contribution in [0.15, 0.2) is 39.9 Å². The van der Waals surface area contributed by atoms with E-state index in [-0.39, 0.29) is 17.8 Å². The molecular weight excluding hydrogens is 384 g/mol. The van der Waals surface area contributed by atoms with Gasteiger partial charge in [-0.3, -0.25) is 23.3 Å². The SMILES string of the molecule is CC[NH+]1CCN(c2nc3c(c(=O)n(C)c(=O)n3C)n2CC(=O)c2ccccc2)CC1. The number of Topliss-reactive ketones (excluding diaryl/α,β-unsaturated/α-hetero) is 1. The lowest BCUT2D eigenvalue weighted by atomic mass is 10.1. The van der Waals surface area contributed by atoms with Gasteiger partial charge in [-0.2, -0.15) is 4.98 Å². The molecule has 0 unspecified atom stereocenters. The molecule has 2 aromatic heterocycles. The Hall–Kier alpha value is -3.20. The molecule has 0 amide bonds. The molecule has 1 fully saturated rings. The molecule has 0 aliphatic carbocycles. The second kappa shape index (κ2) is 7.91. The van der Waals surface area contributed by atoms with Crippen molar-refractivity contribution in [1.82, 2.24) is 18.7 Å². The number of ketones is 1. The van der Waals surface area contributed by atoms with Gasteiger partial charge in [0.1, 0.15) is 0 Å². The number of quaternary nitrogens is 1. The summed E-state index contributed by atoms with van der Waals surface area (Å²) in [5.74, 6) is 0.465. The van der Waals surface area contributed by atoms with Crippen LogP contribution in [0.5, 0.6) is 0 Å². The third kappa shape index (κ3) is 3.35. The standard InChI is InChI=1S/C21H26N6O3/c1-4-25-10-12-26(13-11-25)20-22-18-17(19(29)24(3)21(30)23(18)2)27(20)14-16(28)15-8-6-5-7-9-15/h5-9H,4,10-14H2,1-3H3/p+1. The molecule has 158 valence electrons. The summed E-state index contributed by atoms with van der Waals surface area (Å²) in [7, 11) is 3.05. The molecule has 1 saturated heterocycles. The fraction of sp³-hybridized carbons (Fsp3) is 0.429. The zero-order valence-electron chi connectivity index (χ0n) is 17.6.